The van der Waals surface area contributed by atoms with Gasteiger partial charge in [-0.3, -0.25) is 0 Å². The summed E-state index contributed by atoms with van der Waals surface area (Å²) < 4.78 is 56.3. The van der Waals surface area contributed by atoms with Crippen molar-refractivity contribution in [2.75, 3.05) is 5.75 Å². The lowest BCUT2D eigenvalue weighted by Crippen LogP contribution is -2.23. The molecule has 2 nitrogen and oxygen atoms in total. The van der Waals surface area contributed by atoms with E-state index < -0.39 is 32.9 Å². The Hall–Kier alpha value is 0.0300. The van der Waals surface area contributed by atoms with Gasteiger partial charge in [-0.25, -0.2) is 8.42 Å². The largest absolute Gasteiger partial charge is 0.390 e. The van der Waals surface area contributed by atoms with Gasteiger partial charge in [-0.05, 0) is 6.42 Å². The van der Waals surface area contributed by atoms with Crippen molar-refractivity contribution in [3.8, 4) is 0 Å². The van der Waals surface area contributed by atoms with Gasteiger partial charge in [0.25, 0.3) is 0 Å². The average molecular weight is 253 g/mol. The summed E-state index contributed by atoms with van der Waals surface area (Å²) in [5, 5.41) is 0. The molecule has 1 atom stereocenters. The van der Waals surface area contributed by atoms with Gasteiger partial charge >= 0.3 is 6.18 Å². The third kappa shape index (κ3) is 5.70. The third-order valence-electron chi connectivity index (χ3n) is 1.58. The van der Waals surface area contributed by atoms with Crippen LogP contribution in [0, 0.1) is 0 Å². The van der Waals surface area contributed by atoms with Crippen molar-refractivity contribution in [1.29, 1.82) is 0 Å². The van der Waals surface area contributed by atoms with Gasteiger partial charge in [0.2, 0.25) is 0 Å². The molecule has 0 aromatic carbocycles. The SMILES string of the molecule is CCCC(Cl)S(=O)(=O)CCC(F)(F)F. The van der Waals surface area contributed by atoms with Crippen LogP contribution in [0.2, 0.25) is 0 Å². The highest BCUT2D eigenvalue weighted by molar-refractivity contribution is 7.93. The molecule has 0 fully saturated rings. The molecule has 0 aliphatic carbocycles. The first-order valence-corrected chi connectivity index (χ1v) is 6.26. The van der Waals surface area contributed by atoms with Crippen molar-refractivity contribution in [1.82, 2.24) is 0 Å². The van der Waals surface area contributed by atoms with E-state index >= 15 is 0 Å². The number of hydrogen-bond donors (Lipinski definition) is 0. The van der Waals surface area contributed by atoms with E-state index in [9.17, 15) is 21.6 Å². The number of hydrogen-bond acceptors (Lipinski definition) is 2. The molecule has 0 saturated heterocycles. The number of rotatable bonds is 5. The lowest BCUT2D eigenvalue weighted by Gasteiger charge is -2.11. The first kappa shape index (κ1) is 14.0. The van der Waals surface area contributed by atoms with Crippen LogP contribution in [0.1, 0.15) is 26.2 Å². The van der Waals surface area contributed by atoms with Crippen LogP contribution in [-0.2, 0) is 9.84 Å². The Bertz CT molecular complexity index is 261. The lowest BCUT2D eigenvalue weighted by molar-refractivity contribution is -0.129. The maximum Gasteiger partial charge on any atom is 0.390 e. The van der Waals surface area contributed by atoms with E-state index in [1.54, 1.807) is 6.92 Å². The maximum atomic E-state index is 11.7. The molecule has 0 amide bonds. The summed E-state index contributed by atoms with van der Waals surface area (Å²) in [5.41, 5.74) is 0. The van der Waals surface area contributed by atoms with Crippen molar-refractivity contribution in [3.05, 3.63) is 0 Å². The summed E-state index contributed by atoms with van der Waals surface area (Å²) in [4.78, 5) is 0. The van der Waals surface area contributed by atoms with Gasteiger partial charge < -0.3 is 0 Å². The van der Waals surface area contributed by atoms with E-state index in [0.717, 1.165) is 0 Å². The van der Waals surface area contributed by atoms with E-state index in [4.69, 9.17) is 11.6 Å². The Morgan fingerprint density at radius 3 is 2.21 bits per heavy atom. The highest BCUT2D eigenvalue weighted by Crippen LogP contribution is 2.23. The Morgan fingerprint density at radius 2 is 1.86 bits per heavy atom. The fraction of sp³-hybridized carbons (Fsp3) is 1.00. The summed E-state index contributed by atoms with van der Waals surface area (Å²) >= 11 is 5.45. The van der Waals surface area contributed by atoms with Gasteiger partial charge in [-0.2, -0.15) is 13.2 Å². The topological polar surface area (TPSA) is 34.1 Å². The van der Waals surface area contributed by atoms with E-state index in [-0.39, 0.29) is 6.42 Å². The van der Waals surface area contributed by atoms with Crippen LogP contribution in [0.15, 0.2) is 0 Å². The Kier molecular flexibility index (Phi) is 5.22. The Morgan fingerprint density at radius 1 is 1.36 bits per heavy atom. The van der Waals surface area contributed by atoms with Crippen molar-refractivity contribution in [2.24, 2.45) is 0 Å². The third-order valence-corrected chi connectivity index (χ3v) is 4.40. The molecule has 1 unspecified atom stereocenters. The second-order valence-corrected chi connectivity index (χ2v) is 6.02. The predicted octanol–water partition coefficient (Wildman–Crippen LogP) is 2.72. The number of halogens is 4. The van der Waals surface area contributed by atoms with Crippen LogP contribution in [0.4, 0.5) is 13.2 Å². The molecular formula is C7H12ClF3O2S. The molecule has 0 heterocycles. The Labute approximate surface area is 86.4 Å². The standard InChI is InChI=1S/C7H12ClF3O2S/c1-2-3-6(8)14(12,13)5-4-7(9,10)11/h6H,2-5H2,1H3. The van der Waals surface area contributed by atoms with Gasteiger partial charge in [-0.1, -0.05) is 13.3 Å². The summed E-state index contributed by atoms with van der Waals surface area (Å²) in [5.74, 6) is -0.926. The molecule has 14 heavy (non-hydrogen) atoms. The number of sulfone groups is 1. The fourth-order valence-corrected chi connectivity index (χ4v) is 2.64. The predicted molar refractivity (Wildman–Crippen MR) is 49.0 cm³/mol. The molecule has 0 bridgehead atoms. The molecular weight excluding hydrogens is 241 g/mol. The van der Waals surface area contributed by atoms with Crippen LogP contribution >= 0.6 is 11.6 Å². The van der Waals surface area contributed by atoms with Crippen LogP contribution in [-0.4, -0.2) is 25.1 Å². The Balaban J connectivity index is 4.22. The smallest absolute Gasteiger partial charge is 0.227 e. The zero-order chi connectivity index (χ0) is 11.4. The number of alkyl halides is 4. The fourth-order valence-electron chi connectivity index (χ4n) is 0.792. The molecule has 0 rings (SSSR count). The normalized spacial score (nSPS) is 15.5. The molecule has 0 spiro atoms. The molecule has 0 aromatic heterocycles. The molecule has 7 heteroatoms. The summed E-state index contributed by atoms with van der Waals surface area (Å²) in [6, 6.07) is 0. The summed E-state index contributed by atoms with van der Waals surface area (Å²) in [6.45, 7) is 1.72. The van der Waals surface area contributed by atoms with E-state index in [1.165, 1.54) is 0 Å². The van der Waals surface area contributed by atoms with Crippen molar-refractivity contribution in [2.45, 2.75) is 37.1 Å². The van der Waals surface area contributed by atoms with Crippen LogP contribution in [0.5, 0.6) is 0 Å². The minimum Gasteiger partial charge on any atom is -0.227 e. The molecule has 0 aromatic rings. The summed E-state index contributed by atoms with van der Waals surface area (Å²) in [7, 11) is -3.81. The van der Waals surface area contributed by atoms with Gasteiger partial charge in [0.1, 0.15) is 4.71 Å². The molecule has 0 radical (unpaired) electrons. The van der Waals surface area contributed by atoms with E-state index in [1.807, 2.05) is 0 Å². The van der Waals surface area contributed by atoms with Crippen LogP contribution < -0.4 is 0 Å². The van der Waals surface area contributed by atoms with Gasteiger partial charge in [0, 0.05) is 0 Å². The first-order valence-electron chi connectivity index (χ1n) is 4.11. The quantitative estimate of drug-likeness (QED) is 0.705. The molecule has 0 aliphatic rings. The second kappa shape index (κ2) is 5.21. The molecule has 0 aliphatic heterocycles. The van der Waals surface area contributed by atoms with Gasteiger partial charge in [0.05, 0.1) is 12.2 Å². The first-order chi connectivity index (χ1) is 6.19. The zero-order valence-corrected chi connectivity index (χ0v) is 9.21. The minimum atomic E-state index is -4.45. The maximum absolute atomic E-state index is 11.7. The molecule has 0 saturated carbocycles. The van der Waals surface area contributed by atoms with Crippen molar-refractivity contribution in [3.63, 3.8) is 0 Å². The monoisotopic (exact) mass is 252 g/mol. The van der Waals surface area contributed by atoms with Crippen molar-refractivity contribution < 1.29 is 21.6 Å². The lowest BCUT2D eigenvalue weighted by atomic mass is 10.4. The van der Waals surface area contributed by atoms with Crippen LogP contribution in [0.25, 0.3) is 0 Å². The molecule has 86 valence electrons. The summed E-state index contributed by atoms with van der Waals surface area (Å²) in [6.07, 6.45) is -5.07. The van der Waals surface area contributed by atoms with E-state index in [0.29, 0.717) is 6.42 Å². The van der Waals surface area contributed by atoms with Crippen molar-refractivity contribution >= 4 is 21.4 Å². The van der Waals surface area contributed by atoms with E-state index in [2.05, 4.69) is 0 Å². The second-order valence-electron chi connectivity index (χ2n) is 2.93. The van der Waals surface area contributed by atoms with Crippen LogP contribution in [0.3, 0.4) is 0 Å². The minimum absolute atomic E-state index is 0.182. The van der Waals surface area contributed by atoms with Gasteiger partial charge in [0.15, 0.2) is 9.84 Å². The molecule has 0 N–H and O–H groups in total. The average Bonchev–Trinajstić information content (AvgIpc) is 2.00. The van der Waals surface area contributed by atoms with Gasteiger partial charge in [-0.15, -0.1) is 11.6 Å². The highest BCUT2D eigenvalue weighted by Gasteiger charge is 2.32. The highest BCUT2D eigenvalue weighted by atomic mass is 35.5. The zero-order valence-electron chi connectivity index (χ0n) is 7.64.